The molecule has 164 valence electrons. The number of methoxy groups -OCH3 is 2. The maximum atomic E-state index is 12.5. The van der Waals surface area contributed by atoms with E-state index in [1.807, 2.05) is 50.6 Å². The van der Waals surface area contributed by atoms with Crippen molar-refractivity contribution in [3.8, 4) is 22.6 Å². The van der Waals surface area contributed by atoms with E-state index in [1.165, 1.54) is 6.08 Å². The van der Waals surface area contributed by atoms with Crippen LogP contribution in [0.1, 0.15) is 24.1 Å². The van der Waals surface area contributed by atoms with Crippen molar-refractivity contribution in [3.63, 3.8) is 0 Å². The summed E-state index contributed by atoms with van der Waals surface area (Å²) in [7, 11) is 5.05. The number of aryl methyl sites for hydroxylation is 1. The fourth-order valence-corrected chi connectivity index (χ4v) is 3.52. The van der Waals surface area contributed by atoms with Crippen LogP contribution >= 0.6 is 0 Å². The SMILES string of the molecule is COc1ccc([C@@H](C)NC(=O)/C=C/c2c[nH]c3ncc(-c4cnn(C)c4)cc23)cc1OC. The Morgan fingerprint density at radius 3 is 2.69 bits per heavy atom. The highest BCUT2D eigenvalue weighted by Gasteiger charge is 2.12. The van der Waals surface area contributed by atoms with E-state index in [9.17, 15) is 4.79 Å². The molecule has 0 unspecified atom stereocenters. The summed E-state index contributed by atoms with van der Waals surface area (Å²) >= 11 is 0. The van der Waals surface area contributed by atoms with E-state index in [4.69, 9.17) is 9.47 Å². The first kappa shape index (κ1) is 21.2. The van der Waals surface area contributed by atoms with Crippen LogP contribution in [0.15, 0.2) is 55.1 Å². The third kappa shape index (κ3) is 4.34. The summed E-state index contributed by atoms with van der Waals surface area (Å²) in [6.45, 7) is 1.92. The van der Waals surface area contributed by atoms with E-state index in [0.29, 0.717) is 11.5 Å². The minimum atomic E-state index is -0.200. The van der Waals surface area contributed by atoms with Gasteiger partial charge in [0.15, 0.2) is 11.5 Å². The van der Waals surface area contributed by atoms with E-state index < -0.39 is 0 Å². The van der Waals surface area contributed by atoms with E-state index in [0.717, 1.165) is 33.3 Å². The molecule has 0 saturated heterocycles. The molecule has 3 aromatic heterocycles. The van der Waals surface area contributed by atoms with Crippen molar-refractivity contribution < 1.29 is 14.3 Å². The van der Waals surface area contributed by atoms with E-state index in [1.54, 1.807) is 37.4 Å². The van der Waals surface area contributed by atoms with Gasteiger partial charge in [0.05, 0.1) is 26.5 Å². The lowest BCUT2D eigenvalue weighted by Crippen LogP contribution is -2.24. The van der Waals surface area contributed by atoms with Gasteiger partial charge in [-0.2, -0.15) is 5.10 Å². The van der Waals surface area contributed by atoms with Gasteiger partial charge in [-0.1, -0.05) is 6.07 Å². The van der Waals surface area contributed by atoms with Crippen LogP contribution < -0.4 is 14.8 Å². The normalized spacial score (nSPS) is 12.2. The lowest BCUT2D eigenvalue weighted by atomic mass is 10.1. The summed E-state index contributed by atoms with van der Waals surface area (Å²) in [5, 5.41) is 8.13. The van der Waals surface area contributed by atoms with Gasteiger partial charge in [0.2, 0.25) is 5.91 Å². The minimum Gasteiger partial charge on any atom is -0.493 e. The molecule has 1 atom stereocenters. The van der Waals surface area contributed by atoms with Crippen molar-refractivity contribution in [1.29, 1.82) is 0 Å². The van der Waals surface area contributed by atoms with Crippen molar-refractivity contribution in [2.45, 2.75) is 13.0 Å². The number of ether oxygens (including phenoxy) is 2. The number of carbonyl (C=O) groups is 1. The van der Waals surface area contributed by atoms with Crippen LogP contribution in [0.25, 0.3) is 28.2 Å². The number of hydrogen-bond donors (Lipinski definition) is 2. The molecule has 0 aliphatic carbocycles. The maximum absolute atomic E-state index is 12.5. The molecule has 3 heterocycles. The number of hydrogen-bond acceptors (Lipinski definition) is 5. The lowest BCUT2D eigenvalue weighted by molar-refractivity contribution is -0.117. The first-order chi connectivity index (χ1) is 15.5. The van der Waals surface area contributed by atoms with Crippen molar-refractivity contribution in [3.05, 3.63) is 66.3 Å². The van der Waals surface area contributed by atoms with E-state index in [2.05, 4.69) is 20.4 Å². The van der Waals surface area contributed by atoms with Gasteiger partial charge in [0.1, 0.15) is 5.65 Å². The van der Waals surface area contributed by atoms with Crippen molar-refractivity contribution in [2.24, 2.45) is 7.05 Å². The second-order valence-corrected chi connectivity index (χ2v) is 7.44. The molecular weight excluding hydrogens is 406 g/mol. The smallest absolute Gasteiger partial charge is 0.244 e. The number of nitrogens with one attached hydrogen (secondary N) is 2. The standard InChI is InChI=1S/C24H25N5O3/c1-15(16-5-7-21(31-3)22(10-16)32-4)28-23(30)8-6-17-11-25-24-20(17)9-18(12-26-24)19-13-27-29(2)14-19/h5-15H,1-4H3,(H,25,26)(H,28,30)/b8-6+/t15-/m1/s1. The van der Waals surface area contributed by atoms with Crippen LogP contribution in [0.3, 0.4) is 0 Å². The van der Waals surface area contributed by atoms with Gasteiger partial charge in [-0.05, 0) is 36.8 Å². The average molecular weight is 431 g/mol. The Labute approximate surface area is 185 Å². The molecule has 2 N–H and O–H groups in total. The summed E-state index contributed by atoms with van der Waals surface area (Å²) in [6, 6.07) is 7.43. The van der Waals surface area contributed by atoms with Gasteiger partial charge in [-0.15, -0.1) is 0 Å². The number of aromatic nitrogens is 4. The molecule has 0 bridgehead atoms. The van der Waals surface area contributed by atoms with E-state index >= 15 is 0 Å². The Balaban J connectivity index is 1.49. The Bertz CT molecular complexity index is 1290. The number of carbonyl (C=O) groups excluding carboxylic acids is 1. The van der Waals surface area contributed by atoms with Gasteiger partial charge in [-0.3, -0.25) is 9.48 Å². The fraction of sp³-hybridized carbons (Fsp3) is 0.208. The molecule has 0 aliphatic rings. The largest absolute Gasteiger partial charge is 0.493 e. The van der Waals surface area contributed by atoms with Crippen molar-refractivity contribution >= 4 is 23.0 Å². The van der Waals surface area contributed by atoms with Gasteiger partial charge in [-0.25, -0.2) is 4.98 Å². The maximum Gasteiger partial charge on any atom is 0.244 e. The quantitative estimate of drug-likeness (QED) is 0.433. The molecule has 1 amide bonds. The first-order valence-electron chi connectivity index (χ1n) is 10.1. The summed E-state index contributed by atoms with van der Waals surface area (Å²) < 4.78 is 12.4. The zero-order valence-electron chi connectivity index (χ0n) is 18.4. The lowest BCUT2D eigenvalue weighted by Gasteiger charge is -2.15. The van der Waals surface area contributed by atoms with Crippen LogP contribution in [0.2, 0.25) is 0 Å². The Morgan fingerprint density at radius 1 is 1.16 bits per heavy atom. The molecule has 1 aromatic carbocycles. The van der Waals surface area contributed by atoms with Gasteiger partial charge >= 0.3 is 0 Å². The summed E-state index contributed by atoms with van der Waals surface area (Å²) in [5.41, 5.74) is 4.51. The molecule has 0 fully saturated rings. The molecule has 0 saturated carbocycles. The summed E-state index contributed by atoms with van der Waals surface area (Å²) in [5.74, 6) is 1.07. The Morgan fingerprint density at radius 2 is 1.97 bits per heavy atom. The highest BCUT2D eigenvalue weighted by molar-refractivity contribution is 5.96. The zero-order valence-corrected chi connectivity index (χ0v) is 18.4. The molecule has 0 aliphatic heterocycles. The predicted molar refractivity (Wildman–Crippen MR) is 123 cm³/mol. The molecule has 4 aromatic rings. The number of benzene rings is 1. The third-order valence-corrected chi connectivity index (χ3v) is 5.28. The number of fused-ring (bicyclic) bond motifs is 1. The van der Waals surface area contributed by atoms with Crippen molar-refractivity contribution in [1.82, 2.24) is 25.1 Å². The molecule has 8 nitrogen and oxygen atoms in total. The van der Waals surface area contributed by atoms with Crippen LogP contribution in [-0.2, 0) is 11.8 Å². The monoisotopic (exact) mass is 431 g/mol. The molecule has 0 radical (unpaired) electrons. The minimum absolute atomic E-state index is 0.196. The number of pyridine rings is 1. The number of H-pyrrole nitrogens is 1. The summed E-state index contributed by atoms with van der Waals surface area (Å²) in [4.78, 5) is 20.2. The average Bonchev–Trinajstić information content (AvgIpc) is 3.42. The topological polar surface area (TPSA) is 94.1 Å². The second-order valence-electron chi connectivity index (χ2n) is 7.44. The number of aromatic amines is 1. The number of rotatable bonds is 7. The highest BCUT2D eigenvalue weighted by Crippen LogP contribution is 2.30. The Kier molecular flexibility index (Phi) is 5.93. The molecule has 8 heteroatoms. The summed E-state index contributed by atoms with van der Waals surface area (Å²) in [6.07, 6.45) is 10.7. The predicted octanol–water partition coefficient (Wildman–Crippen LogP) is 3.87. The van der Waals surface area contributed by atoms with Crippen molar-refractivity contribution in [2.75, 3.05) is 14.2 Å². The van der Waals surface area contributed by atoms with Crippen LogP contribution in [0.4, 0.5) is 0 Å². The van der Waals surface area contributed by atoms with E-state index in [-0.39, 0.29) is 11.9 Å². The van der Waals surface area contributed by atoms with Gasteiger partial charge in [0, 0.05) is 53.8 Å². The highest BCUT2D eigenvalue weighted by atomic mass is 16.5. The van der Waals surface area contributed by atoms with Crippen LogP contribution in [-0.4, -0.2) is 39.9 Å². The molecular formula is C24H25N5O3. The molecule has 0 spiro atoms. The zero-order chi connectivity index (χ0) is 22.7. The Hall–Kier alpha value is -4.07. The second kappa shape index (κ2) is 8.97. The van der Waals surface area contributed by atoms with Gasteiger partial charge in [0.25, 0.3) is 0 Å². The van der Waals surface area contributed by atoms with Crippen LogP contribution in [0, 0.1) is 0 Å². The number of amides is 1. The molecule has 4 rings (SSSR count). The first-order valence-corrected chi connectivity index (χ1v) is 10.1. The fourth-order valence-electron chi connectivity index (χ4n) is 3.52. The van der Waals surface area contributed by atoms with Crippen LogP contribution in [0.5, 0.6) is 11.5 Å². The van der Waals surface area contributed by atoms with Gasteiger partial charge < -0.3 is 19.8 Å². The molecule has 32 heavy (non-hydrogen) atoms. The third-order valence-electron chi connectivity index (χ3n) is 5.28. The number of nitrogens with zero attached hydrogens (tertiary/aromatic N) is 3.